The number of hydrogen-bond acceptors (Lipinski definition) is 6. The van der Waals surface area contributed by atoms with E-state index in [9.17, 15) is 4.79 Å². The smallest absolute Gasteiger partial charge is 0.253 e. The van der Waals surface area contributed by atoms with Crippen molar-refractivity contribution in [2.45, 2.75) is 71.9 Å². The van der Waals surface area contributed by atoms with Crippen molar-refractivity contribution in [3.05, 3.63) is 80.4 Å². The SMILES string of the molecule is Cc1ccc(C)c(N2CCN([C@H](c3cc4cc(C)c(C)cc4[nH]c3=O)c3nnnn3C3CCCCC3)CC2)c1. The molecule has 0 bridgehead atoms. The Labute approximate surface area is 230 Å². The van der Waals surface area contributed by atoms with Gasteiger partial charge in [0.1, 0.15) is 6.04 Å². The highest BCUT2D eigenvalue weighted by Gasteiger charge is 2.34. The number of hydrogen-bond donors (Lipinski definition) is 1. The number of aromatic amines is 1. The van der Waals surface area contributed by atoms with E-state index < -0.39 is 0 Å². The number of piperazine rings is 1. The molecule has 2 aliphatic rings. The molecule has 2 aromatic carbocycles. The largest absolute Gasteiger partial charge is 0.369 e. The third-order valence-electron chi connectivity index (χ3n) is 8.85. The van der Waals surface area contributed by atoms with Crippen LogP contribution in [0.2, 0.25) is 0 Å². The molecule has 1 aliphatic heterocycles. The lowest BCUT2D eigenvalue weighted by molar-refractivity contribution is 0.192. The molecule has 0 spiro atoms. The second-order valence-electron chi connectivity index (χ2n) is 11.6. The molecule has 39 heavy (non-hydrogen) atoms. The summed E-state index contributed by atoms with van der Waals surface area (Å²) in [6.45, 7) is 11.9. The molecule has 2 aromatic heterocycles. The summed E-state index contributed by atoms with van der Waals surface area (Å²) < 4.78 is 2.03. The Bertz CT molecular complexity index is 1540. The first-order valence-electron chi connectivity index (χ1n) is 14.4. The van der Waals surface area contributed by atoms with Crippen LogP contribution in [0, 0.1) is 27.7 Å². The number of H-pyrrole nitrogens is 1. The van der Waals surface area contributed by atoms with Crippen molar-refractivity contribution in [1.29, 1.82) is 0 Å². The Hall–Kier alpha value is -3.52. The van der Waals surface area contributed by atoms with Crippen molar-refractivity contribution < 1.29 is 0 Å². The Morgan fingerprint density at radius 1 is 0.872 bits per heavy atom. The second-order valence-corrected chi connectivity index (χ2v) is 11.6. The molecule has 6 rings (SSSR count). The minimum atomic E-state index is -0.308. The fourth-order valence-corrected chi connectivity index (χ4v) is 6.44. The molecule has 8 nitrogen and oxygen atoms in total. The van der Waals surface area contributed by atoms with Gasteiger partial charge in [0.2, 0.25) is 0 Å². The van der Waals surface area contributed by atoms with E-state index in [0.29, 0.717) is 0 Å². The van der Waals surface area contributed by atoms with Gasteiger partial charge in [-0.15, -0.1) is 5.10 Å². The van der Waals surface area contributed by atoms with Crippen LogP contribution >= 0.6 is 0 Å². The fraction of sp³-hybridized carbons (Fsp3) is 0.484. The average molecular weight is 526 g/mol. The number of aromatic nitrogens is 5. The Morgan fingerprint density at radius 2 is 1.62 bits per heavy atom. The summed E-state index contributed by atoms with van der Waals surface area (Å²) in [4.78, 5) is 21.8. The summed E-state index contributed by atoms with van der Waals surface area (Å²) in [6.07, 6.45) is 5.81. The van der Waals surface area contributed by atoms with E-state index in [-0.39, 0.29) is 17.6 Å². The van der Waals surface area contributed by atoms with Crippen molar-refractivity contribution in [3.63, 3.8) is 0 Å². The number of nitrogens with zero attached hydrogens (tertiary/aromatic N) is 6. The molecule has 0 unspecified atom stereocenters. The van der Waals surface area contributed by atoms with Gasteiger partial charge in [0.05, 0.1) is 6.04 Å². The van der Waals surface area contributed by atoms with E-state index in [2.05, 4.69) is 94.4 Å². The molecule has 4 aromatic rings. The molecule has 0 amide bonds. The van der Waals surface area contributed by atoms with Crippen molar-refractivity contribution in [2.24, 2.45) is 0 Å². The molecular weight excluding hydrogens is 486 g/mol. The molecule has 0 radical (unpaired) electrons. The van der Waals surface area contributed by atoms with Gasteiger partial charge in [-0.05, 0) is 103 Å². The molecule has 204 valence electrons. The normalized spacial score (nSPS) is 18.1. The number of tetrazole rings is 1. The van der Waals surface area contributed by atoms with Crippen LogP contribution in [0.5, 0.6) is 0 Å². The van der Waals surface area contributed by atoms with Crippen molar-refractivity contribution in [3.8, 4) is 0 Å². The lowest BCUT2D eigenvalue weighted by atomic mass is 9.95. The molecule has 1 atom stereocenters. The molecule has 3 heterocycles. The van der Waals surface area contributed by atoms with Gasteiger partial charge in [-0.3, -0.25) is 9.69 Å². The summed E-state index contributed by atoms with van der Waals surface area (Å²) in [7, 11) is 0. The molecule has 1 N–H and O–H groups in total. The third-order valence-corrected chi connectivity index (χ3v) is 8.85. The number of nitrogens with one attached hydrogen (secondary N) is 1. The maximum absolute atomic E-state index is 13.7. The Kier molecular flexibility index (Phi) is 6.97. The van der Waals surface area contributed by atoms with E-state index in [1.54, 1.807) is 0 Å². The highest BCUT2D eigenvalue weighted by Crippen LogP contribution is 2.34. The lowest BCUT2D eigenvalue weighted by Crippen LogP contribution is -2.49. The number of anilines is 1. The minimum absolute atomic E-state index is 0.0640. The highest BCUT2D eigenvalue weighted by molar-refractivity contribution is 5.81. The summed E-state index contributed by atoms with van der Waals surface area (Å²) in [5.41, 5.74) is 7.78. The number of rotatable bonds is 5. The van der Waals surface area contributed by atoms with E-state index >= 15 is 0 Å². The van der Waals surface area contributed by atoms with Crippen LogP contribution in [0.15, 0.2) is 41.2 Å². The van der Waals surface area contributed by atoms with Crippen LogP contribution < -0.4 is 10.5 Å². The minimum Gasteiger partial charge on any atom is -0.369 e. The first kappa shape index (κ1) is 25.7. The van der Waals surface area contributed by atoms with Crippen LogP contribution in [-0.4, -0.2) is 56.3 Å². The fourth-order valence-electron chi connectivity index (χ4n) is 6.44. The zero-order valence-electron chi connectivity index (χ0n) is 23.6. The average Bonchev–Trinajstić information content (AvgIpc) is 3.42. The quantitative estimate of drug-likeness (QED) is 0.387. The maximum atomic E-state index is 13.7. The predicted octanol–water partition coefficient (Wildman–Crippen LogP) is 5.17. The van der Waals surface area contributed by atoms with E-state index in [1.165, 1.54) is 47.2 Å². The van der Waals surface area contributed by atoms with Gasteiger partial charge in [0, 0.05) is 42.9 Å². The van der Waals surface area contributed by atoms with Gasteiger partial charge in [0.25, 0.3) is 5.56 Å². The van der Waals surface area contributed by atoms with Crippen LogP contribution in [0.1, 0.15) is 77.8 Å². The highest BCUT2D eigenvalue weighted by atomic mass is 16.1. The standard InChI is InChI=1S/C31H39N7O/c1-20-10-11-21(2)28(16-20)36-12-14-37(15-13-36)29(30-33-34-35-38(30)25-8-6-5-7-9-25)26-19-24-17-22(3)23(4)18-27(24)32-31(26)39/h10-11,16-19,25,29H,5-9,12-15H2,1-4H3,(H,32,39)/t29-/m1/s1. The Balaban J connectivity index is 1.40. The second kappa shape index (κ2) is 10.6. The number of benzene rings is 2. The van der Waals surface area contributed by atoms with Gasteiger partial charge in [0.15, 0.2) is 5.82 Å². The predicted molar refractivity (Wildman–Crippen MR) is 156 cm³/mol. The van der Waals surface area contributed by atoms with Crippen LogP contribution in [-0.2, 0) is 0 Å². The third kappa shape index (κ3) is 4.98. The zero-order valence-corrected chi connectivity index (χ0v) is 23.6. The maximum Gasteiger partial charge on any atom is 0.253 e. The van der Waals surface area contributed by atoms with Gasteiger partial charge in [-0.2, -0.15) is 0 Å². The van der Waals surface area contributed by atoms with Crippen LogP contribution in [0.25, 0.3) is 10.9 Å². The van der Waals surface area contributed by atoms with Crippen molar-refractivity contribution >= 4 is 16.6 Å². The molecule has 1 saturated heterocycles. The first-order valence-corrected chi connectivity index (χ1v) is 14.4. The monoisotopic (exact) mass is 525 g/mol. The molecule has 8 heteroatoms. The van der Waals surface area contributed by atoms with E-state index in [0.717, 1.165) is 61.3 Å². The van der Waals surface area contributed by atoms with Gasteiger partial charge >= 0.3 is 0 Å². The molecule has 2 fully saturated rings. The zero-order chi connectivity index (χ0) is 27.1. The van der Waals surface area contributed by atoms with Gasteiger partial charge in [-0.25, -0.2) is 4.68 Å². The number of fused-ring (bicyclic) bond motifs is 1. The van der Waals surface area contributed by atoms with Crippen molar-refractivity contribution in [1.82, 2.24) is 30.1 Å². The van der Waals surface area contributed by atoms with Gasteiger partial charge < -0.3 is 9.88 Å². The topological polar surface area (TPSA) is 82.9 Å². The molecule has 1 aliphatic carbocycles. The van der Waals surface area contributed by atoms with Crippen LogP contribution in [0.3, 0.4) is 0 Å². The van der Waals surface area contributed by atoms with E-state index in [1.807, 2.05) is 4.68 Å². The summed E-state index contributed by atoms with van der Waals surface area (Å²) in [6, 6.07) is 12.9. The number of pyridine rings is 1. The number of aryl methyl sites for hydroxylation is 4. The Morgan fingerprint density at radius 3 is 2.38 bits per heavy atom. The molecule has 1 saturated carbocycles. The first-order chi connectivity index (χ1) is 18.9. The molecular formula is C31H39N7O. The summed E-state index contributed by atoms with van der Waals surface area (Å²) in [5.74, 6) is 0.788. The summed E-state index contributed by atoms with van der Waals surface area (Å²) in [5, 5.41) is 14.3. The van der Waals surface area contributed by atoms with Gasteiger partial charge in [-0.1, -0.05) is 31.4 Å². The summed E-state index contributed by atoms with van der Waals surface area (Å²) >= 11 is 0. The lowest BCUT2D eigenvalue weighted by Gasteiger charge is -2.40. The van der Waals surface area contributed by atoms with E-state index in [4.69, 9.17) is 0 Å². The van der Waals surface area contributed by atoms with Crippen molar-refractivity contribution in [2.75, 3.05) is 31.1 Å². The van der Waals surface area contributed by atoms with Crippen LogP contribution in [0.4, 0.5) is 5.69 Å².